The Morgan fingerprint density at radius 1 is 1.26 bits per heavy atom. The first-order chi connectivity index (χ1) is 11.0. The SMILES string of the molecule is CC(=O)n1ncc2cc(-c3cc(=O)n4nc(C)nc4[nH]3)ccc21. The van der Waals surface area contributed by atoms with Gasteiger partial charge in [-0.15, -0.1) is 5.10 Å². The molecule has 8 heteroatoms. The zero-order valence-corrected chi connectivity index (χ0v) is 12.4. The minimum atomic E-state index is -0.256. The van der Waals surface area contributed by atoms with Crippen molar-refractivity contribution in [1.29, 1.82) is 0 Å². The van der Waals surface area contributed by atoms with E-state index >= 15 is 0 Å². The van der Waals surface area contributed by atoms with Crippen LogP contribution in [-0.2, 0) is 0 Å². The molecule has 114 valence electrons. The molecule has 3 heterocycles. The largest absolute Gasteiger partial charge is 0.323 e. The molecule has 8 nitrogen and oxygen atoms in total. The number of carbonyl (C=O) groups excluding carboxylic acids is 1. The van der Waals surface area contributed by atoms with Gasteiger partial charge in [-0.1, -0.05) is 6.07 Å². The van der Waals surface area contributed by atoms with Gasteiger partial charge in [0.1, 0.15) is 5.82 Å². The van der Waals surface area contributed by atoms with Crippen molar-refractivity contribution in [1.82, 2.24) is 29.4 Å². The molecule has 4 rings (SSSR count). The highest BCUT2D eigenvalue weighted by Gasteiger charge is 2.10. The fourth-order valence-corrected chi connectivity index (χ4v) is 2.60. The van der Waals surface area contributed by atoms with Gasteiger partial charge in [0.25, 0.3) is 5.56 Å². The number of aromatic nitrogens is 6. The van der Waals surface area contributed by atoms with Crippen LogP contribution in [0.3, 0.4) is 0 Å². The van der Waals surface area contributed by atoms with Crippen molar-refractivity contribution in [2.45, 2.75) is 13.8 Å². The molecule has 1 aromatic carbocycles. The highest BCUT2D eigenvalue weighted by atomic mass is 16.2. The van der Waals surface area contributed by atoms with E-state index in [0.29, 0.717) is 17.3 Å². The van der Waals surface area contributed by atoms with Crippen LogP contribution in [0.4, 0.5) is 0 Å². The predicted molar refractivity (Wildman–Crippen MR) is 83.4 cm³/mol. The summed E-state index contributed by atoms with van der Waals surface area (Å²) >= 11 is 0. The van der Waals surface area contributed by atoms with E-state index in [4.69, 9.17) is 0 Å². The summed E-state index contributed by atoms with van der Waals surface area (Å²) in [6.07, 6.45) is 1.62. The molecule has 4 aromatic rings. The molecule has 0 fully saturated rings. The molecular weight excluding hydrogens is 296 g/mol. The van der Waals surface area contributed by atoms with Crippen LogP contribution in [0.2, 0.25) is 0 Å². The number of hydrogen-bond acceptors (Lipinski definition) is 5. The summed E-state index contributed by atoms with van der Waals surface area (Å²) in [4.78, 5) is 30.9. The molecule has 0 saturated heterocycles. The monoisotopic (exact) mass is 308 g/mol. The van der Waals surface area contributed by atoms with E-state index in [-0.39, 0.29) is 11.5 Å². The van der Waals surface area contributed by atoms with Crippen molar-refractivity contribution in [3.05, 3.63) is 46.6 Å². The van der Waals surface area contributed by atoms with Gasteiger partial charge in [0.2, 0.25) is 11.7 Å². The Hall–Kier alpha value is -3.29. The van der Waals surface area contributed by atoms with E-state index in [1.54, 1.807) is 19.2 Å². The van der Waals surface area contributed by atoms with Crippen LogP contribution in [0.1, 0.15) is 17.5 Å². The second kappa shape index (κ2) is 4.60. The average Bonchev–Trinajstić information content (AvgIpc) is 3.09. The van der Waals surface area contributed by atoms with E-state index < -0.39 is 0 Å². The van der Waals surface area contributed by atoms with Gasteiger partial charge in [-0.05, 0) is 24.6 Å². The first-order valence-corrected chi connectivity index (χ1v) is 6.99. The number of fused-ring (bicyclic) bond motifs is 2. The Morgan fingerprint density at radius 3 is 2.87 bits per heavy atom. The molecule has 0 saturated carbocycles. The lowest BCUT2D eigenvalue weighted by Gasteiger charge is -2.03. The van der Waals surface area contributed by atoms with Gasteiger partial charge in [0.15, 0.2) is 0 Å². The number of aryl methyl sites for hydroxylation is 1. The summed E-state index contributed by atoms with van der Waals surface area (Å²) in [6, 6.07) is 6.97. The predicted octanol–water partition coefficient (Wildman–Crippen LogP) is 1.40. The maximum atomic E-state index is 12.1. The summed E-state index contributed by atoms with van der Waals surface area (Å²) in [5, 5.41) is 8.92. The number of rotatable bonds is 1. The third kappa shape index (κ3) is 2.03. The molecule has 0 aliphatic rings. The summed E-state index contributed by atoms with van der Waals surface area (Å²) in [6.45, 7) is 3.18. The van der Waals surface area contributed by atoms with Crippen LogP contribution in [-0.4, -0.2) is 35.3 Å². The molecule has 0 amide bonds. The minimum absolute atomic E-state index is 0.151. The fraction of sp³-hybridized carbons (Fsp3) is 0.133. The average molecular weight is 308 g/mol. The Morgan fingerprint density at radius 2 is 2.09 bits per heavy atom. The van der Waals surface area contributed by atoms with Crippen molar-refractivity contribution in [3.8, 4) is 11.3 Å². The van der Waals surface area contributed by atoms with E-state index in [2.05, 4.69) is 20.2 Å². The highest BCUT2D eigenvalue weighted by Crippen LogP contribution is 2.22. The molecule has 1 N–H and O–H groups in total. The number of carbonyl (C=O) groups is 1. The number of nitrogens with zero attached hydrogens (tertiary/aromatic N) is 5. The van der Waals surface area contributed by atoms with Crippen LogP contribution in [0.5, 0.6) is 0 Å². The highest BCUT2D eigenvalue weighted by molar-refractivity contribution is 5.91. The lowest BCUT2D eigenvalue weighted by molar-refractivity contribution is 0.0927. The van der Waals surface area contributed by atoms with Crippen molar-refractivity contribution in [3.63, 3.8) is 0 Å². The van der Waals surface area contributed by atoms with Crippen LogP contribution >= 0.6 is 0 Å². The van der Waals surface area contributed by atoms with Gasteiger partial charge in [0, 0.05) is 18.4 Å². The third-order valence-corrected chi connectivity index (χ3v) is 3.61. The molecule has 0 atom stereocenters. The molecule has 0 bridgehead atoms. The van der Waals surface area contributed by atoms with Crippen molar-refractivity contribution in [2.75, 3.05) is 0 Å². The number of aromatic amines is 1. The van der Waals surface area contributed by atoms with Gasteiger partial charge in [-0.2, -0.15) is 14.6 Å². The molecule has 0 spiro atoms. The molecule has 3 aromatic heterocycles. The van der Waals surface area contributed by atoms with E-state index in [9.17, 15) is 9.59 Å². The molecule has 23 heavy (non-hydrogen) atoms. The lowest BCUT2D eigenvalue weighted by Crippen LogP contribution is -2.14. The van der Waals surface area contributed by atoms with Crippen LogP contribution in [0, 0.1) is 6.92 Å². The van der Waals surface area contributed by atoms with Gasteiger partial charge in [0.05, 0.1) is 17.4 Å². The molecule has 0 aliphatic heterocycles. The van der Waals surface area contributed by atoms with E-state index in [0.717, 1.165) is 16.5 Å². The van der Waals surface area contributed by atoms with Crippen LogP contribution in [0.25, 0.3) is 27.9 Å². The van der Waals surface area contributed by atoms with Crippen molar-refractivity contribution in [2.24, 2.45) is 0 Å². The Labute approximate surface area is 129 Å². The molecular formula is C15H12N6O2. The maximum Gasteiger partial charge on any atom is 0.276 e. The summed E-state index contributed by atoms with van der Waals surface area (Å²) in [5.41, 5.74) is 1.91. The van der Waals surface area contributed by atoms with Gasteiger partial charge >= 0.3 is 0 Å². The minimum Gasteiger partial charge on any atom is -0.323 e. The second-order valence-corrected chi connectivity index (χ2v) is 5.26. The normalized spacial score (nSPS) is 11.4. The topological polar surface area (TPSA) is 97.9 Å². The Kier molecular flexibility index (Phi) is 2.68. The number of benzene rings is 1. The summed E-state index contributed by atoms with van der Waals surface area (Å²) in [5.74, 6) is 0.764. The van der Waals surface area contributed by atoms with Crippen LogP contribution in [0.15, 0.2) is 35.3 Å². The first-order valence-electron chi connectivity index (χ1n) is 6.99. The third-order valence-electron chi connectivity index (χ3n) is 3.61. The second-order valence-electron chi connectivity index (χ2n) is 5.26. The van der Waals surface area contributed by atoms with Gasteiger partial charge < -0.3 is 4.98 Å². The quantitative estimate of drug-likeness (QED) is 0.573. The molecule has 0 aliphatic carbocycles. The Balaban J connectivity index is 1.92. The molecule has 0 radical (unpaired) electrons. The van der Waals surface area contributed by atoms with Crippen LogP contribution < -0.4 is 5.56 Å². The van der Waals surface area contributed by atoms with Crippen molar-refractivity contribution >= 4 is 22.6 Å². The van der Waals surface area contributed by atoms with E-state index in [1.807, 2.05) is 12.1 Å². The van der Waals surface area contributed by atoms with Crippen molar-refractivity contribution < 1.29 is 4.79 Å². The zero-order valence-electron chi connectivity index (χ0n) is 12.4. The summed E-state index contributed by atoms with van der Waals surface area (Å²) < 4.78 is 2.57. The van der Waals surface area contributed by atoms with Gasteiger partial charge in [-0.3, -0.25) is 9.59 Å². The lowest BCUT2D eigenvalue weighted by atomic mass is 10.1. The van der Waals surface area contributed by atoms with Gasteiger partial charge in [-0.25, -0.2) is 4.68 Å². The number of nitrogens with one attached hydrogen (secondary N) is 1. The number of hydrogen-bond donors (Lipinski definition) is 1. The Bertz CT molecular complexity index is 1130. The fourth-order valence-electron chi connectivity index (χ4n) is 2.60. The smallest absolute Gasteiger partial charge is 0.276 e. The maximum absolute atomic E-state index is 12.1. The standard InChI is InChI=1S/C15H12N6O2/c1-8-17-15-18-12(6-14(23)21(15)19-8)10-3-4-13-11(5-10)7-16-20(13)9(2)22/h3-7H,1-2H3,(H,17,18,19). The van der Waals surface area contributed by atoms with E-state index in [1.165, 1.54) is 22.2 Å². The molecule has 0 unspecified atom stereocenters. The number of H-pyrrole nitrogens is 1. The summed E-state index contributed by atoms with van der Waals surface area (Å²) in [7, 11) is 0. The zero-order chi connectivity index (χ0) is 16.1. The first kappa shape index (κ1) is 13.4.